The number of nitrogens with zero attached hydrogens (tertiary/aromatic N) is 3. The zero-order valence-electron chi connectivity index (χ0n) is 6.34. The second-order valence-corrected chi connectivity index (χ2v) is 3.05. The lowest BCUT2D eigenvalue weighted by molar-refractivity contribution is 0.868. The van der Waals surface area contributed by atoms with Gasteiger partial charge < -0.3 is 0 Å². The summed E-state index contributed by atoms with van der Waals surface area (Å²) in [6.07, 6.45) is 5.32. The molecule has 2 heterocycles. The summed E-state index contributed by atoms with van der Waals surface area (Å²) in [7, 11) is 0. The Kier molecular flexibility index (Phi) is 1.75. The molecule has 2 rings (SSSR count). The van der Waals surface area contributed by atoms with Crippen molar-refractivity contribution in [3.63, 3.8) is 0 Å². The Bertz CT molecular complexity index is 375. The smallest absolute Gasteiger partial charge is 0.210 e. The molecule has 0 unspecified atom stereocenters. The molecule has 0 saturated heterocycles. The van der Waals surface area contributed by atoms with Gasteiger partial charge in [-0.05, 0) is 12.1 Å². The van der Waals surface area contributed by atoms with E-state index in [0.29, 0.717) is 0 Å². The van der Waals surface area contributed by atoms with E-state index in [4.69, 9.17) is 0 Å². The molecule has 0 fully saturated rings. The molecule has 2 aromatic rings. The second kappa shape index (κ2) is 2.91. The Morgan fingerprint density at radius 2 is 2.50 bits per heavy atom. The van der Waals surface area contributed by atoms with E-state index in [9.17, 15) is 0 Å². The summed E-state index contributed by atoms with van der Waals surface area (Å²) in [6.45, 7) is 3.64. The molecule has 0 aliphatic rings. The van der Waals surface area contributed by atoms with Crippen LogP contribution in [0.5, 0.6) is 0 Å². The molecule has 12 heavy (non-hydrogen) atoms. The minimum Gasteiger partial charge on any atom is -0.219 e. The van der Waals surface area contributed by atoms with E-state index < -0.39 is 0 Å². The van der Waals surface area contributed by atoms with Crippen molar-refractivity contribution in [2.45, 2.75) is 0 Å². The third-order valence-electron chi connectivity index (χ3n) is 1.42. The van der Waals surface area contributed by atoms with Gasteiger partial charge in [0.2, 0.25) is 5.13 Å². The van der Waals surface area contributed by atoms with Crippen LogP contribution in [-0.4, -0.2) is 14.8 Å². The highest BCUT2D eigenvalue weighted by molar-refractivity contribution is 7.12. The van der Waals surface area contributed by atoms with Gasteiger partial charge in [-0.25, -0.2) is 9.67 Å². The molecule has 4 heteroatoms. The van der Waals surface area contributed by atoms with Gasteiger partial charge in [0.25, 0.3) is 0 Å². The van der Waals surface area contributed by atoms with Crippen LogP contribution in [0.3, 0.4) is 0 Å². The molecule has 0 amide bonds. The summed E-state index contributed by atoms with van der Waals surface area (Å²) < 4.78 is 1.73. The normalized spacial score (nSPS) is 10.0. The van der Waals surface area contributed by atoms with Crippen LogP contribution in [0.15, 0.2) is 30.4 Å². The van der Waals surface area contributed by atoms with Gasteiger partial charge in [-0.15, -0.1) is 11.3 Å². The van der Waals surface area contributed by atoms with Crippen LogP contribution < -0.4 is 0 Å². The molecule has 60 valence electrons. The van der Waals surface area contributed by atoms with E-state index in [-0.39, 0.29) is 0 Å². The minimum absolute atomic E-state index is 0.870. The number of thiazole rings is 1. The first kappa shape index (κ1) is 7.24. The molecular weight excluding hydrogens is 170 g/mol. The lowest BCUT2D eigenvalue weighted by Gasteiger charge is -1.90. The van der Waals surface area contributed by atoms with Gasteiger partial charge in [0.1, 0.15) is 0 Å². The first-order chi connectivity index (χ1) is 5.90. The Hall–Kier alpha value is -1.42. The number of aromatic nitrogens is 3. The predicted octanol–water partition coefficient (Wildman–Crippen LogP) is 1.97. The molecule has 0 aromatic carbocycles. The molecule has 0 saturated carbocycles. The van der Waals surface area contributed by atoms with Crippen LogP contribution in [-0.2, 0) is 0 Å². The largest absolute Gasteiger partial charge is 0.219 e. The molecule has 0 bridgehead atoms. The van der Waals surface area contributed by atoms with Crippen LogP contribution in [0.4, 0.5) is 0 Å². The summed E-state index contributed by atoms with van der Waals surface area (Å²) in [4.78, 5) is 4.27. The van der Waals surface area contributed by atoms with Gasteiger partial charge in [-0.2, -0.15) is 5.10 Å². The lowest BCUT2D eigenvalue weighted by Crippen LogP contribution is -1.92. The van der Waals surface area contributed by atoms with Crippen LogP contribution in [0, 0.1) is 0 Å². The fourth-order valence-electron chi connectivity index (χ4n) is 0.857. The Morgan fingerprint density at radius 3 is 3.08 bits per heavy atom. The standard InChI is InChI=1S/C8H7N3S/c1-2-7-6-12-8(10-7)11-5-3-4-9-11/h2-6H,1H2. The Labute approximate surface area is 74.0 Å². The van der Waals surface area contributed by atoms with Gasteiger partial charge in [0, 0.05) is 17.8 Å². The average molecular weight is 177 g/mol. The summed E-state index contributed by atoms with van der Waals surface area (Å²) in [5, 5.41) is 6.88. The van der Waals surface area contributed by atoms with Crippen LogP contribution in [0.25, 0.3) is 11.2 Å². The highest BCUT2D eigenvalue weighted by Crippen LogP contribution is 2.13. The topological polar surface area (TPSA) is 30.7 Å². The molecular formula is C8H7N3S. The van der Waals surface area contributed by atoms with E-state index in [1.54, 1.807) is 28.3 Å². The summed E-state index contributed by atoms with van der Waals surface area (Å²) in [5.41, 5.74) is 0.894. The fourth-order valence-corrected chi connectivity index (χ4v) is 1.61. The fraction of sp³-hybridized carbons (Fsp3) is 0. The number of hydrogen-bond acceptors (Lipinski definition) is 3. The molecule has 0 spiro atoms. The maximum absolute atomic E-state index is 4.27. The van der Waals surface area contributed by atoms with E-state index >= 15 is 0 Å². The number of hydrogen-bond donors (Lipinski definition) is 0. The maximum Gasteiger partial charge on any atom is 0.210 e. The highest BCUT2D eigenvalue weighted by Gasteiger charge is 2.00. The lowest BCUT2D eigenvalue weighted by atomic mass is 10.5. The van der Waals surface area contributed by atoms with E-state index in [1.807, 2.05) is 17.6 Å². The van der Waals surface area contributed by atoms with Gasteiger partial charge in [-0.1, -0.05) is 6.58 Å². The van der Waals surface area contributed by atoms with Gasteiger partial charge in [0.05, 0.1) is 5.69 Å². The summed E-state index contributed by atoms with van der Waals surface area (Å²) >= 11 is 1.55. The molecule has 0 radical (unpaired) electrons. The zero-order valence-corrected chi connectivity index (χ0v) is 7.16. The van der Waals surface area contributed by atoms with E-state index in [0.717, 1.165) is 10.8 Å². The Morgan fingerprint density at radius 1 is 1.58 bits per heavy atom. The highest BCUT2D eigenvalue weighted by atomic mass is 32.1. The first-order valence-electron chi connectivity index (χ1n) is 3.48. The zero-order chi connectivity index (χ0) is 8.39. The minimum atomic E-state index is 0.870. The van der Waals surface area contributed by atoms with Gasteiger partial charge >= 0.3 is 0 Å². The first-order valence-corrected chi connectivity index (χ1v) is 4.36. The summed E-state index contributed by atoms with van der Waals surface area (Å²) in [5.74, 6) is 0. The predicted molar refractivity (Wildman–Crippen MR) is 49.3 cm³/mol. The van der Waals surface area contributed by atoms with E-state index in [2.05, 4.69) is 16.7 Å². The van der Waals surface area contributed by atoms with Crippen molar-refractivity contribution in [2.75, 3.05) is 0 Å². The Balaban J connectivity index is 2.41. The monoisotopic (exact) mass is 177 g/mol. The maximum atomic E-state index is 4.27. The molecule has 0 atom stereocenters. The van der Waals surface area contributed by atoms with E-state index in [1.165, 1.54) is 0 Å². The molecule has 2 aromatic heterocycles. The quantitative estimate of drug-likeness (QED) is 0.702. The number of rotatable bonds is 2. The van der Waals surface area contributed by atoms with Gasteiger partial charge in [0.15, 0.2) is 0 Å². The summed E-state index contributed by atoms with van der Waals surface area (Å²) in [6, 6.07) is 1.87. The van der Waals surface area contributed by atoms with Crippen LogP contribution in [0.2, 0.25) is 0 Å². The molecule has 0 N–H and O–H groups in total. The molecule has 0 aliphatic heterocycles. The second-order valence-electron chi connectivity index (χ2n) is 2.21. The van der Waals surface area contributed by atoms with Crippen LogP contribution >= 0.6 is 11.3 Å². The third kappa shape index (κ3) is 1.16. The van der Waals surface area contributed by atoms with Crippen molar-refractivity contribution >= 4 is 17.4 Å². The van der Waals surface area contributed by atoms with Crippen molar-refractivity contribution in [1.29, 1.82) is 0 Å². The van der Waals surface area contributed by atoms with Crippen molar-refractivity contribution in [3.8, 4) is 5.13 Å². The van der Waals surface area contributed by atoms with Crippen LogP contribution in [0.1, 0.15) is 5.69 Å². The van der Waals surface area contributed by atoms with Crippen molar-refractivity contribution in [2.24, 2.45) is 0 Å². The molecule has 3 nitrogen and oxygen atoms in total. The SMILES string of the molecule is C=Cc1csc(-n2cccn2)n1. The van der Waals surface area contributed by atoms with Crippen molar-refractivity contribution in [1.82, 2.24) is 14.8 Å². The van der Waals surface area contributed by atoms with Crippen molar-refractivity contribution < 1.29 is 0 Å². The third-order valence-corrected chi connectivity index (χ3v) is 2.27. The van der Waals surface area contributed by atoms with Gasteiger partial charge in [-0.3, -0.25) is 0 Å². The molecule has 0 aliphatic carbocycles. The van der Waals surface area contributed by atoms with Crippen molar-refractivity contribution in [3.05, 3.63) is 36.1 Å². The average Bonchev–Trinajstić information content (AvgIpc) is 2.75.